The third-order valence-corrected chi connectivity index (χ3v) is 4.85. The van der Waals surface area contributed by atoms with Crippen LogP contribution in [-0.4, -0.2) is 44.5 Å². The van der Waals surface area contributed by atoms with E-state index in [1.807, 2.05) is 6.92 Å². The number of nitro groups is 1. The first kappa shape index (κ1) is 17.7. The highest BCUT2D eigenvalue weighted by atomic mass is 32.2. The Morgan fingerprint density at radius 2 is 2.17 bits per heavy atom. The van der Waals surface area contributed by atoms with Gasteiger partial charge in [0.1, 0.15) is 0 Å². The topological polar surface area (TPSA) is 79.0 Å². The lowest BCUT2D eigenvalue weighted by Gasteiger charge is -2.29. The number of amidine groups is 1. The molecule has 1 heterocycles. The van der Waals surface area contributed by atoms with Gasteiger partial charge in [0, 0.05) is 24.4 Å². The second-order valence-electron chi connectivity index (χ2n) is 6.29. The number of rotatable bonds is 5. The van der Waals surface area contributed by atoms with Gasteiger partial charge in [0.15, 0.2) is 5.17 Å². The number of nitro benzene ring substituents is 1. The SMILES string of the molecule is Cc1cc([N+](=O)[O-])ccc1/N=C1\SCC(C(C)O)N1CC(C)C. The van der Waals surface area contributed by atoms with E-state index in [0.29, 0.717) is 5.92 Å². The zero-order valence-electron chi connectivity index (χ0n) is 13.9. The molecule has 0 amide bonds. The first-order valence-corrected chi connectivity index (χ1v) is 8.69. The Labute approximate surface area is 140 Å². The van der Waals surface area contributed by atoms with E-state index in [4.69, 9.17) is 4.99 Å². The molecule has 23 heavy (non-hydrogen) atoms. The molecule has 2 rings (SSSR count). The molecule has 2 unspecified atom stereocenters. The molecule has 1 aromatic rings. The van der Waals surface area contributed by atoms with E-state index >= 15 is 0 Å². The molecule has 6 nitrogen and oxygen atoms in total. The van der Waals surface area contributed by atoms with Gasteiger partial charge in [0.2, 0.25) is 0 Å². The Bertz CT molecular complexity index is 617. The summed E-state index contributed by atoms with van der Waals surface area (Å²) < 4.78 is 0. The van der Waals surface area contributed by atoms with E-state index in [2.05, 4.69) is 18.7 Å². The molecule has 0 aromatic heterocycles. The van der Waals surface area contributed by atoms with Crippen LogP contribution in [0, 0.1) is 23.0 Å². The van der Waals surface area contributed by atoms with Gasteiger partial charge in [-0.2, -0.15) is 0 Å². The number of aliphatic hydroxyl groups excluding tert-OH is 1. The number of non-ortho nitro benzene ring substituents is 1. The number of nitrogens with zero attached hydrogens (tertiary/aromatic N) is 3. The van der Waals surface area contributed by atoms with E-state index in [-0.39, 0.29) is 11.7 Å². The van der Waals surface area contributed by atoms with Crippen molar-refractivity contribution in [3.8, 4) is 0 Å². The molecule has 2 atom stereocenters. The first-order chi connectivity index (χ1) is 10.8. The number of thioether (sulfide) groups is 1. The highest BCUT2D eigenvalue weighted by molar-refractivity contribution is 8.14. The van der Waals surface area contributed by atoms with Gasteiger partial charge < -0.3 is 10.0 Å². The minimum Gasteiger partial charge on any atom is -0.391 e. The van der Waals surface area contributed by atoms with Crippen LogP contribution in [-0.2, 0) is 0 Å². The Morgan fingerprint density at radius 3 is 2.70 bits per heavy atom. The summed E-state index contributed by atoms with van der Waals surface area (Å²) >= 11 is 1.62. The number of aliphatic hydroxyl groups is 1. The summed E-state index contributed by atoms with van der Waals surface area (Å²) in [6.45, 7) is 8.73. The van der Waals surface area contributed by atoms with Gasteiger partial charge in [-0.3, -0.25) is 10.1 Å². The highest BCUT2D eigenvalue weighted by Crippen LogP contribution is 2.31. The van der Waals surface area contributed by atoms with Crippen LogP contribution in [0.1, 0.15) is 26.3 Å². The summed E-state index contributed by atoms with van der Waals surface area (Å²) in [6.07, 6.45) is -0.424. The van der Waals surface area contributed by atoms with Crippen LogP contribution in [0.25, 0.3) is 0 Å². The number of hydrogen-bond acceptors (Lipinski definition) is 5. The molecule has 1 N–H and O–H groups in total. The summed E-state index contributed by atoms with van der Waals surface area (Å²) in [5.74, 6) is 1.26. The van der Waals surface area contributed by atoms with Crippen molar-refractivity contribution in [2.45, 2.75) is 39.8 Å². The zero-order valence-corrected chi connectivity index (χ0v) is 14.7. The summed E-state index contributed by atoms with van der Waals surface area (Å²) in [4.78, 5) is 17.3. The van der Waals surface area contributed by atoms with Crippen molar-refractivity contribution in [3.63, 3.8) is 0 Å². The van der Waals surface area contributed by atoms with E-state index in [0.717, 1.165) is 28.7 Å². The quantitative estimate of drug-likeness (QED) is 0.658. The molecule has 1 aliphatic heterocycles. The minimum absolute atomic E-state index is 0.0551. The lowest BCUT2D eigenvalue weighted by Crippen LogP contribution is -2.43. The fraction of sp³-hybridized carbons (Fsp3) is 0.562. The van der Waals surface area contributed by atoms with Gasteiger partial charge in [-0.05, 0) is 31.4 Å². The van der Waals surface area contributed by atoms with Gasteiger partial charge in [0.25, 0.3) is 5.69 Å². The fourth-order valence-corrected chi connectivity index (χ4v) is 3.88. The van der Waals surface area contributed by atoms with Crippen LogP contribution in [0.5, 0.6) is 0 Å². The predicted molar refractivity (Wildman–Crippen MR) is 94.4 cm³/mol. The largest absolute Gasteiger partial charge is 0.391 e. The van der Waals surface area contributed by atoms with Crippen LogP contribution in [0.3, 0.4) is 0 Å². The second kappa shape index (κ2) is 7.31. The Balaban J connectivity index is 2.31. The van der Waals surface area contributed by atoms with E-state index in [1.165, 1.54) is 12.1 Å². The molecule has 0 saturated carbocycles. The minimum atomic E-state index is -0.424. The van der Waals surface area contributed by atoms with Crippen LogP contribution in [0.2, 0.25) is 0 Å². The standard InChI is InChI=1S/C16H23N3O3S/c1-10(2)8-18-15(12(4)20)9-23-16(18)17-14-6-5-13(19(21)22)7-11(14)3/h5-7,10,12,15,20H,8-9H2,1-4H3/b17-16-. The average Bonchev–Trinajstić information content (AvgIpc) is 2.83. The molecule has 0 aliphatic carbocycles. The zero-order chi connectivity index (χ0) is 17.1. The number of aryl methyl sites for hydroxylation is 1. The summed E-state index contributed by atoms with van der Waals surface area (Å²) in [6, 6.07) is 4.76. The van der Waals surface area contributed by atoms with Crippen molar-refractivity contribution < 1.29 is 10.0 Å². The molecular formula is C16H23N3O3S. The second-order valence-corrected chi connectivity index (χ2v) is 7.27. The first-order valence-electron chi connectivity index (χ1n) is 7.70. The van der Waals surface area contributed by atoms with Gasteiger partial charge in [-0.25, -0.2) is 4.99 Å². The maximum absolute atomic E-state index is 10.8. The maximum atomic E-state index is 10.8. The number of hydrogen-bond donors (Lipinski definition) is 1. The Kier molecular flexibility index (Phi) is 5.64. The number of benzene rings is 1. The summed E-state index contributed by atoms with van der Waals surface area (Å²) in [5, 5.41) is 21.7. The van der Waals surface area contributed by atoms with Gasteiger partial charge >= 0.3 is 0 Å². The summed E-state index contributed by atoms with van der Waals surface area (Å²) in [5.41, 5.74) is 1.59. The van der Waals surface area contributed by atoms with Gasteiger partial charge in [-0.1, -0.05) is 25.6 Å². The molecule has 0 bridgehead atoms. The highest BCUT2D eigenvalue weighted by Gasteiger charge is 2.33. The van der Waals surface area contributed by atoms with Crippen LogP contribution < -0.4 is 0 Å². The molecule has 1 saturated heterocycles. The molecule has 1 aliphatic rings. The van der Waals surface area contributed by atoms with E-state index < -0.39 is 11.0 Å². The molecule has 7 heteroatoms. The molecule has 1 aromatic carbocycles. The molecular weight excluding hydrogens is 314 g/mol. The van der Waals surface area contributed by atoms with Crippen LogP contribution >= 0.6 is 11.8 Å². The predicted octanol–water partition coefficient (Wildman–Crippen LogP) is 3.34. The molecule has 1 fully saturated rings. The lowest BCUT2D eigenvalue weighted by atomic mass is 10.1. The third-order valence-electron chi connectivity index (χ3n) is 3.76. The van der Waals surface area contributed by atoms with Gasteiger partial charge in [-0.15, -0.1) is 0 Å². The molecule has 0 radical (unpaired) electrons. The van der Waals surface area contributed by atoms with Crippen molar-refractivity contribution >= 4 is 28.3 Å². The molecule has 126 valence electrons. The Hall–Kier alpha value is -1.60. The Morgan fingerprint density at radius 1 is 1.48 bits per heavy atom. The normalized spacial score (nSPS) is 21.2. The van der Waals surface area contributed by atoms with E-state index in [1.54, 1.807) is 24.8 Å². The fourth-order valence-electron chi connectivity index (χ4n) is 2.56. The third kappa shape index (κ3) is 4.23. The molecule has 0 spiro atoms. The van der Waals surface area contributed by atoms with Crippen molar-refractivity contribution in [2.75, 3.05) is 12.3 Å². The van der Waals surface area contributed by atoms with Crippen molar-refractivity contribution in [1.82, 2.24) is 4.90 Å². The van der Waals surface area contributed by atoms with E-state index in [9.17, 15) is 15.2 Å². The van der Waals surface area contributed by atoms with Crippen LogP contribution in [0.4, 0.5) is 11.4 Å². The van der Waals surface area contributed by atoms with Crippen molar-refractivity contribution in [1.29, 1.82) is 0 Å². The van der Waals surface area contributed by atoms with Crippen molar-refractivity contribution in [3.05, 3.63) is 33.9 Å². The lowest BCUT2D eigenvalue weighted by molar-refractivity contribution is -0.384. The van der Waals surface area contributed by atoms with Gasteiger partial charge in [0.05, 0.1) is 22.8 Å². The smallest absolute Gasteiger partial charge is 0.269 e. The average molecular weight is 337 g/mol. The monoisotopic (exact) mass is 337 g/mol. The van der Waals surface area contributed by atoms with Crippen LogP contribution in [0.15, 0.2) is 23.2 Å². The number of aliphatic imine (C=N–C) groups is 1. The van der Waals surface area contributed by atoms with Crippen molar-refractivity contribution in [2.24, 2.45) is 10.9 Å². The maximum Gasteiger partial charge on any atom is 0.269 e. The summed E-state index contributed by atoms with van der Waals surface area (Å²) in [7, 11) is 0.